The quantitative estimate of drug-likeness (QED) is 0.438. The first-order chi connectivity index (χ1) is 9.74. The number of amides is 3. The van der Waals surface area contributed by atoms with E-state index in [0.717, 1.165) is 16.7 Å². The molecule has 3 amide bonds. The molecule has 0 radical (unpaired) electrons. The number of imide groups is 1. The lowest BCUT2D eigenvalue weighted by Crippen LogP contribution is -2.41. The van der Waals surface area contributed by atoms with Gasteiger partial charge >= 0.3 is 0 Å². The molecular weight excluding hydrogens is 292 g/mol. The van der Waals surface area contributed by atoms with Crippen LogP contribution >= 0.6 is 11.8 Å². The number of nitrogens with zero attached hydrogens (tertiary/aromatic N) is 2. The van der Waals surface area contributed by atoms with Crippen LogP contribution in [0.25, 0.3) is 0 Å². The molecule has 0 aliphatic carbocycles. The fourth-order valence-electron chi connectivity index (χ4n) is 1.50. The van der Waals surface area contributed by atoms with Crippen LogP contribution in [0, 0.1) is 11.3 Å². The molecule has 1 rings (SSSR count). The van der Waals surface area contributed by atoms with Crippen molar-refractivity contribution in [2.24, 2.45) is 0 Å². The Bertz CT molecular complexity index is 500. The lowest BCUT2D eigenvalue weighted by molar-refractivity contribution is -0.124. The van der Waals surface area contributed by atoms with E-state index in [1.807, 2.05) is 20.8 Å². The second-order valence-corrected chi connectivity index (χ2v) is 6.35. The van der Waals surface area contributed by atoms with E-state index in [9.17, 15) is 14.4 Å². The van der Waals surface area contributed by atoms with Crippen LogP contribution in [0.5, 0.6) is 0 Å². The molecule has 0 spiro atoms. The molecule has 0 saturated carbocycles. The second-order valence-electron chi connectivity index (χ2n) is 5.43. The normalized spacial score (nSPS) is 15.9. The molecule has 1 aliphatic heterocycles. The predicted octanol–water partition coefficient (Wildman–Crippen LogP) is 0.594. The molecule has 0 bridgehead atoms. The van der Waals surface area contributed by atoms with E-state index in [1.165, 1.54) is 6.20 Å². The van der Waals surface area contributed by atoms with Gasteiger partial charge in [-0.25, -0.2) is 0 Å². The molecule has 21 heavy (non-hydrogen) atoms. The zero-order valence-electron chi connectivity index (χ0n) is 12.2. The molecule has 1 saturated heterocycles. The van der Waals surface area contributed by atoms with Gasteiger partial charge < -0.3 is 10.6 Å². The van der Waals surface area contributed by atoms with Gasteiger partial charge in [-0.1, -0.05) is 11.8 Å². The first-order valence-electron chi connectivity index (χ1n) is 6.38. The highest BCUT2D eigenvalue weighted by Gasteiger charge is 2.29. The van der Waals surface area contributed by atoms with Crippen molar-refractivity contribution < 1.29 is 14.4 Å². The molecule has 0 unspecified atom stereocenters. The van der Waals surface area contributed by atoms with Gasteiger partial charge in [0.1, 0.15) is 11.6 Å². The Hall–Kier alpha value is -2.01. The highest BCUT2D eigenvalue weighted by molar-refractivity contribution is 8.14. The van der Waals surface area contributed by atoms with Crippen molar-refractivity contribution in [2.45, 2.75) is 26.3 Å². The van der Waals surface area contributed by atoms with E-state index >= 15 is 0 Å². The largest absolute Gasteiger partial charge is 0.388 e. The summed E-state index contributed by atoms with van der Waals surface area (Å²) in [5.74, 6) is -0.519. The monoisotopic (exact) mass is 310 g/mol. The van der Waals surface area contributed by atoms with Gasteiger partial charge in [-0.15, -0.1) is 0 Å². The van der Waals surface area contributed by atoms with Crippen LogP contribution in [0.4, 0.5) is 4.79 Å². The minimum atomic E-state index is -0.471. The lowest BCUT2D eigenvalue weighted by atomic mass is 10.1. The van der Waals surface area contributed by atoms with Crippen LogP contribution in [0.2, 0.25) is 0 Å². The Morgan fingerprint density at radius 3 is 2.62 bits per heavy atom. The fraction of sp³-hybridized carbons (Fsp3) is 0.538. The number of hydrogen-bond acceptors (Lipinski definition) is 6. The third kappa shape index (κ3) is 5.47. The zero-order chi connectivity index (χ0) is 16.0. The SMILES string of the molecule is CC(C)(C)NC(=O)/C(C#N)=C\NCCN1C(=O)CSC1=O. The molecule has 114 valence electrons. The number of nitrogens with one attached hydrogen (secondary N) is 2. The van der Waals surface area contributed by atoms with Crippen LogP contribution in [0.1, 0.15) is 20.8 Å². The maximum atomic E-state index is 11.8. The Morgan fingerprint density at radius 1 is 1.48 bits per heavy atom. The van der Waals surface area contributed by atoms with Crippen molar-refractivity contribution in [3.05, 3.63) is 11.8 Å². The summed E-state index contributed by atoms with van der Waals surface area (Å²) < 4.78 is 0. The average Bonchev–Trinajstić information content (AvgIpc) is 2.67. The summed E-state index contributed by atoms with van der Waals surface area (Å²) in [5.41, 5.74) is -0.489. The third-order valence-corrected chi connectivity index (χ3v) is 3.28. The maximum absolute atomic E-state index is 11.8. The van der Waals surface area contributed by atoms with Crippen molar-refractivity contribution in [1.82, 2.24) is 15.5 Å². The van der Waals surface area contributed by atoms with Crippen LogP contribution < -0.4 is 10.6 Å². The zero-order valence-corrected chi connectivity index (χ0v) is 13.0. The van der Waals surface area contributed by atoms with Gasteiger partial charge in [0.15, 0.2) is 0 Å². The van der Waals surface area contributed by atoms with E-state index in [1.54, 1.807) is 6.07 Å². The van der Waals surface area contributed by atoms with E-state index in [2.05, 4.69) is 10.6 Å². The number of carbonyl (C=O) groups is 3. The first kappa shape index (κ1) is 17.0. The molecule has 7 nitrogen and oxygen atoms in total. The van der Waals surface area contributed by atoms with Crippen molar-refractivity contribution in [2.75, 3.05) is 18.8 Å². The van der Waals surface area contributed by atoms with E-state index < -0.39 is 11.4 Å². The Labute approximate surface area is 127 Å². The highest BCUT2D eigenvalue weighted by Crippen LogP contribution is 2.17. The summed E-state index contributed by atoms with van der Waals surface area (Å²) in [4.78, 5) is 35.6. The maximum Gasteiger partial charge on any atom is 0.288 e. The fourth-order valence-corrected chi connectivity index (χ4v) is 2.26. The van der Waals surface area contributed by atoms with Gasteiger partial charge in [0.05, 0.1) is 5.75 Å². The summed E-state index contributed by atoms with van der Waals surface area (Å²) in [6, 6.07) is 1.81. The van der Waals surface area contributed by atoms with Gasteiger partial charge in [0.2, 0.25) is 5.91 Å². The second kappa shape index (κ2) is 7.13. The molecule has 1 aliphatic rings. The van der Waals surface area contributed by atoms with Crippen molar-refractivity contribution in [1.29, 1.82) is 5.26 Å². The number of thioether (sulfide) groups is 1. The molecule has 0 atom stereocenters. The number of hydrogen-bond donors (Lipinski definition) is 2. The first-order valence-corrected chi connectivity index (χ1v) is 7.36. The van der Waals surface area contributed by atoms with Crippen molar-refractivity contribution in [3.63, 3.8) is 0 Å². The van der Waals surface area contributed by atoms with Crippen molar-refractivity contribution >= 4 is 28.8 Å². The average molecular weight is 310 g/mol. The number of carbonyl (C=O) groups excluding carboxylic acids is 3. The third-order valence-electron chi connectivity index (χ3n) is 2.42. The highest BCUT2D eigenvalue weighted by atomic mass is 32.2. The summed E-state index contributed by atoms with van der Waals surface area (Å²) in [5, 5.41) is 14.1. The summed E-state index contributed by atoms with van der Waals surface area (Å²) >= 11 is 0.971. The molecule has 0 aromatic rings. The van der Waals surface area contributed by atoms with Gasteiger partial charge in [0.25, 0.3) is 11.1 Å². The lowest BCUT2D eigenvalue weighted by Gasteiger charge is -2.20. The minimum absolute atomic E-state index is 0.0571. The summed E-state index contributed by atoms with van der Waals surface area (Å²) in [6.07, 6.45) is 1.29. The summed E-state index contributed by atoms with van der Waals surface area (Å²) in [7, 11) is 0. The van der Waals surface area contributed by atoms with Gasteiger partial charge in [-0.05, 0) is 20.8 Å². The van der Waals surface area contributed by atoms with Crippen LogP contribution in [-0.4, -0.2) is 46.3 Å². The van der Waals surface area contributed by atoms with E-state index in [0.29, 0.717) is 0 Å². The minimum Gasteiger partial charge on any atom is -0.388 e. The van der Waals surface area contributed by atoms with Crippen molar-refractivity contribution in [3.8, 4) is 6.07 Å². The number of rotatable bonds is 5. The molecule has 8 heteroatoms. The van der Waals surface area contributed by atoms with Crippen LogP contribution in [0.3, 0.4) is 0 Å². The molecule has 1 fully saturated rings. The Balaban J connectivity index is 2.47. The van der Waals surface area contributed by atoms with E-state index in [-0.39, 0.29) is 35.6 Å². The smallest absolute Gasteiger partial charge is 0.288 e. The molecular formula is C13H18N4O3S. The van der Waals surface area contributed by atoms with Crippen LogP contribution in [0.15, 0.2) is 11.8 Å². The van der Waals surface area contributed by atoms with Gasteiger partial charge in [0, 0.05) is 24.8 Å². The molecule has 0 aromatic heterocycles. The van der Waals surface area contributed by atoms with E-state index in [4.69, 9.17) is 5.26 Å². The Morgan fingerprint density at radius 2 is 2.14 bits per heavy atom. The van der Waals surface area contributed by atoms with Gasteiger partial charge in [-0.2, -0.15) is 5.26 Å². The standard InChI is InChI=1S/C13H18N4O3S/c1-13(2,3)16-11(19)9(6-14)7-15-4-5-17-10(18)8-21-12(17)20/h7,15H,4-5,8H2,1-3H3,(H,16,19)/b9-7-. The van der Waals surface area contributed by atoms with Crippen LogP contribution in [-0.2, 0) is 9.59 Å². The molecule has 0 aromatic carbocycles. The molecule has 1 heterocycles. The molecule has 2 N–H and O–H groups in total. The summed E-state index contributed by atoms with van der Waals surface area (Å²) in [6.45, 7) is 5.94. The topological polar surface area (TPSA) is 102 Å². The number of nitriles is 1. The van der Waals surface area contributed by atoms with Gasteiger partial charge in [-0.3, -0.25) is 19.3 Å². The predicted molar refractivity (Wildman–Crippen MR) is 79.2 cm³/mol. The Kier molecular flexibility index (Phi) is 5.79.